The van der Waals surface area contributed by atoms with Gasteiger partial charge in [0.2, 0.25) is 5.91 Å². The predicted octanol–water partition coefficient (Wildman–Crippen LogP) is 3.85. The Morgan fingerprint density at radius 3 is 2.74 bits per heavy atom. The third-order valence-corrected chi connectivity index (χ3v) is 8.22. The number of carbonyl (C=O) groups excluding carboxylic acids is 1. The van der Waals surface area contributed by atoms with Crippen LogP contribution in [0.3, 0.4) is 0 Å². The van der Waals surface area contributed by atoms with Crippen molar-refractivity contribution in [3.05, 3.63) is 54.1 Å². The van der Waals surface area contributed by atoms with E-state index in [9.17, 15) is 13.2 Å². The van der Waals surface area contributed by atoms with Crippen molar-refractivity contribution in [3.8, 4) is 5.69 Å². The second-order valence-corrected chi connectivity index (χ2v) is 11.2. The third kappa shape index (κ3) is 4.80. The van der Waals surface area contributed by atoms with Crippen molar-refractivity contribution in [1.82, 2.24) is 14.5 Å². The maximum Gasteiger partial charge on any atom is 0.233 e. The van der Waals surface area contributed by atoms with E-state index in [4.69, 9.17) is 4.98 Å². The second-order valence-electron chi connectivity index (χ2n) is 7.99. The fraction of sp³-hybridized carbons (Fsp3) is 0.391. The van der Waals surface area contributed by atoms with Gasteiger partial charge in [0, 0.05) is 18.3 Å². The molecule has 1 saturated heterocycles. The van der Waals surface area contributed by atoms with E-state index in [0.717, 1.165) is 33.9 Å². The van der Waals surface area contributed by atoms with Gasteiger partial charge in [-0.25, -0.2) is 13.4 Å². The molecule has 2 aromatic carbocycles. The maximum atomic E-state index is 13.1. The maximum absolute atomic E-state index is 13.1. The summed E-state index contributed by atoms with van der Waals surface area (Å²) in [6.07, 6.45) is 1.33. The smallest absolute Gasteiger partial charge is 0.233 e. The number of aryl methyl sites for hydroxylation is 1. The minimum Gasteiger partial charge on any atom is -0.338 e. The van der Waals surface area contributed by atoms with Gasteiger partial charge in [0.1, 0.15) is 0 Å². The molecule has 0 radical (unpaired) electrons. The van der Waals surface area contributed by atoms with Crippen LogP contribution in [0.4, 0.5) is 0 Å². The summed E-state index contributed by atoms with van der Waals surface area (Å²) >= 11 is 1.41. The van der Waals surface area contributed by atoms with Crippen molar-refractivity contribution < 1.29 is 13.2 Å². The molecule has 3 aromatic rings. The molecular weight excluding hydrogens is 430 g/mol. The molecule has 1 aliphatic rings. The zero-order valence-electron chi connectivity index (χ0n) is 17.8. The zero-order valence-corrected chi connectivity index (χ0v) is 19.5. The summed E-state index contributed by atoms with van der Waals surface area (Å²) in [6, 6.07) is 15.9. The number of hydrogen-bond acceptors (Lipinski definition) is 5. The largest absolute Gasteiger partial charge is 0.338 e. The molecular formula is C23H27N3O3S2. The molecule has 8 heteroatoms. The Kier molecular flexibility index (Phi) is 6.39. The van der Waals surface area contributed by atoms with Crippen molar-refractivity contribution in [3.63, 3.8) is 0 Å². The molecule has 31 heavy (non-hydrogen) atoms. The summed E-state index contributed by atoms with van der Waals surface area (Å²) in [5.41, 5.74) is 4.04. The average molecular weight is 458 g/mol. The summed E-state index contributed by atoms with van der Waals surface area (Å²) < 4.78 is 25.9. The number of thioether (sulfide) groups is 1. The van der Waals surface area contributed by atoms with E-state index >= 15 is 0 Å². The molecule has 0 spiro atoms. The van der Waals surface area contributed by atoms with Gasteiger partial charge in [0.25, 0.3) is 0 Å². The zero-order chi connectivity index (χ0) is 22.0. The lowest BCUT2D eigenvalue weighted by Gasteiger charge is -2.27. The van der Waals surface area contributed by atoms with Crippen LogP contribution >= 0.6 is 11.8 Å². The molecule has 0 bridgehead atoms. The molecule has 2 heterocycles. The van der Waals surface area contributed by atoms with Crippen molar-refractivity contribution in [2.75, 3.05) is 23.8 Å². The number of rotatable bonds is 7. The molecule has 1 unspecified atom stereocenters. The Labute approximate surface area is 187 Å². The summed E-state index contributed by atoms with van der Waals surface area (Å²) in [5.74, 6) is 0.440. The molecule has 1 fully saturated rings. The van der Waals surface area contributed by atoms with Crippen LogP contribution in [0.2, 0.25) is 0 Å². The van der Waals surface area contributed by atoms with Crippen LogP contribution in [-0.4, -0.2) is 58.6 Å². The van der Waals surface area contributed by atoms with Crippen LogP contribution in [0.5, 0.6) is 0 Å². The van der Waals surface area contributed by atoms with Gasteiger partial charge in [0.15, 0.2) is 15.0 Å². The molecule has 1 aliphatic heterocycles. The van der Waals surface area contributed by atoms with Gasteiger partial charge in [-0.15, -0.1) is 0 Å². The number of para-hydroxylation sites is 2. The molecule has 0 N–H and O–H groups in total. The van der Waals surface area contributed by atoms with Crippen LogP contribution in [0.15, 0.2) is 53.7 Å². The first-order valence-electron chi connectivity index (χ1n) is 10.5. The quantitative estimate of drug-likeness (QED) is 0.504. The highest BCUT2D eigenvalue weighted by Gasteiger charge is 2.34. The molecule has 0 saturated carbocycles. The molecule has 0 aliphatic carbocycles. The van der Waals surface area contributed by atoms with Gasteiger partial charge in [-0.2, -0.15) is 0 Å². The lowest BCUT2D eigenvalue weighted by molar-refractivity contribution is -0.130. The van der Waals surface area contributed by atoms with Gasteiger partial charge in [-0.05, 0) is 49.6 Å². The van der Waals surface area contributed by atoms with Crippen LogP contribution in [0.25, 0.3) is 16.7 Å². The van der Waals surface area contributed by atoms with Crippen molar-refractivity contribution in [1.29, 1.82) is 0 Å². The number of sulfone groups is 1. The Balaban J connectivity index is 1.60. The Hall–Kier alpha value is -2.32. The molecule has 1 atom stereocenters. The summed E-state index contributed by atoms with van der Waals surface area (Å²) in [4.78, 5) is 19.6. The third-order valence-electron chi connectivity index (χ3n) is 5.55. The van der Waals surface area contributed by atoms with E-state index < -0.39 is 9.84 Å². The minimum atomic E-state index is -3.04. The second kappa shape index (κ2) is 9.04. The number of carbonyl (C=O) groups is 1. The average Bonchev–Trinajstić information content (AvgIpc) is 3.29. The topological polar surface area (TPSA) is 72.3 Å². The van der Waals surface area contributed by atoms with E-state index in [-0.39, 0.29) is 29.2 Å². The van der Waals surface area contributed by atoms with Gasteiger partial charge in [-0.3, -0.25) is 9.36 Å². The van der Waals surface area contributed by atoms with Crippen molar-refractivity contribution in [2.24, 2.45) is 0 Å². The van der Waals surface area contributed by atoms with E-state index in [0.29, 0.717) is 13.0 Å². The summed E-state index contributed by atoms with van der Waals surface area (Å²) in [7, 11) is -3.04. The first-order chi connectivity index (χ1) is 14.9. The van der Waals surface area contributed by atoms with Crippen molar-refractivity contribution in [2.45, 2.75) is 37.9 Å². The summed E-state index contributed by atoms with van der Waals surface area (Å²) in [5, 5.41) is 0.760. The Morgan fingerprint density at radius 1 is 1.23 bits per heavy atom. The van der Waals surface area contributed by atoms with Gasteiger partial charge in [-0.1, -0.05) is 43.0 Å². The first-order valence-corrected chi connectivity index (χ1v) is 13.4. The standard InChI is InChI=1S/C23H27N3O3S2/c1-3-12-25(19-11-13-31(28,29)16-19)22(27)15-30-23-24-20-9-4-5-10-21(20)26(23)18-8-6-7-17(2)14-18/h4-10,14,19H,3,11-13,15-16H2,1-2H3. The number of amides is 1. The fourth-order valence-corrected chi connectivity index (χ4v) is 6.74. The Morgan fingerprint density at radius 2 is 2.03 bits per heavy atom. The predicted molar refractivity (Wildman–Crippen MR) is 126 cm³/mol. The molecule has 164 valence electrons. The van der Waals surface area contributed by atoms with Crippen LogP contribution in [0, 0.1) is 6.92 Å². The number of aromatic nitrogens is 2. The van der Waals surface area contributed by atoms with Crippen molar-refractivity contribution >= 4 is 38.5 Å². The van der Waals surface area contributed by atoms with E-state index in [1.165, 1.54) is 11.8 Å². The highest BCUT2D eigenvalue weighted by atomic mass is 32.2. The fourth-order valence-electron chi connectivity index (χ4n) is 4.10. The summed E-state index contributed by atoms with van der Waals surface area (Å²) in [6.45, 7) is 4.64. The highest BCUT2D eigenvalue weighted by molar-refractivity contribution is 7.99. The van der Waals surface area contributed by atoms with E-state index in [1.54, 1.807) is 4.90 Å². The lowest BCUT2D eigenvalue weighted by Crippen LogP contribution is -2.42. The molecule has 6 nitrogen and oxygen atoms in total. The lowest BCUT2D eigenvalue weighted by atomic mass is 10.2. The SMILES string of the molecule is CCCN(C(=O)CSc1nc2ccccc2n1-c1cccc(C)c1)C1CCS(=O)(=O)C1. The normalized spacial score (nSPS) is 17.8. The van der Waals surface area contributed by atoms with Gasteiger partial charge < -0.3 is 4.90 Å². The molecule has 4 rings (SSSR count). The number of fused-ring (bicyclic) bond motifs is 1. The monoisotopic (exact) mass is 457 g/mol. The van der Waals surface area contributed by atoms with Gasteiger partial charge >= 0.3 is 0 Å². The number of nitrogens with zero attached hydrogens (tertiary/aromatic N) is 3. The van der Waals surface area contributed by atoms with Crippen LogP contribution in [0.1, 0.15) is 25.3 Å². The number of benzene rings is 2. The highest BCUT2D eigenvalue weighted by Crippen LogP contribution is 2.29. The molecule has 1 aromatic heterocycles. The van der Waals surface area contributed by atoms with E-state index in [1.807, 2.05) is 43.3 Å². The number of hydrogen-bond donors (Lipinski definition) is 0. The van der Waals surface area contributed by atoms with Gasteiger partial charge in [0.05, 0.1) is 28.3 Å². The minimum absolute atomic E-state index is 0.0307. The van der Waals surface area contributed by atoms with Crippen LogP contribution < -0.4 is 0 Å². The number of imidazole rings is 1. The first kappa shape index (κ1) is 21.9. The Bertz CT molecular complexity index is 1200. The van der Waals surface area contributed by atoms with Crippen LogP contribution in [-0.2, 0) is 14.6 Å². The molecule has 1 amide bonds. The van der Waals surface area contributed by atoms with E-state index in [2.05, 4.69) is 23.6 Å².